The van der Waals surface area contributed by atoms with Crippen molar-refractivity contribution in [3.63, 3.8) is 0 Å². The van der Waals surface area contributed by atoms with Gasteiger partial charge in [0.1, 0.15) is 11.9 Å². The molecule has 16 heavy (non-hydrogen) atoms. The Bertz CT molecular complexity index is 415. The maximum atomic E-state index is 13.3. The number of hydrogen-bond donors (Lipinski definition) is 2. The van der Waals surface area contributed by atoms with Gasteiger partial charge in [-0.1, -0.05) is 6.07 Å². The molecule has 1 aliphatic rings. The smallest absolute Gasteiger partial charge is 0.326 e. The Morgan fingerprint density at radius 1 is 1.56 bits per heavy atom. The van der Waals surface area contributed by atoms with Crippen LogP contribution in [0.15, 0.2) is 18.2 Å². The van der Waals surface area contributed by atoms with E-state index in [1.807, 2.05) is 0 Å². The van der Waals surface area contributed by atoms with E-state index >= 15 is 0 Å². The fourth-order valence-electron chi connectivity index (χ4n) is 1.67. The van der Waals surface area contributed by atoms with Crippen LogP contribution in [-0.4, -0.2) is 17.1 Å². The first-order valence-corrected chi connectivity index (χ1v) is 5.33. The molecule has 0 bridgehead atoms. The number of hydrogen-bond acceptors (Lipinski definition) is 2. The summed E-state index contributed by atoms with van der Waals surface area (Å²) >= 11 is 0. The number of nitrogens with one attached hydrogen (secondary N) is 1. The molecule has 1 atom stereocenters. The Morgan fingerprint density at radius 3 is 2.75 bits per heavy atom. The Balaban J connectivity index is 2.12. The highest BCUT2D eigenvalue weighted by Crippen LogP contribution is 2.34. The molecule has 0 aromatic heterocycles. The summed E-state index contributed by atoms with van der Waals surface area (Å²) in [6.45, 7) is 1.68. The van der Waals surface area contributed by atoms with Crippen molar-refractivity contribution in [1.82, 2.24) is 0 Å². The molecule has 1 fully saturated rings. The summed E-state index contributed by atoms with van der Waals surface area (Å²) in [4.78, 5) is 11.0. The second-order valence-electron chi connectivity index (χ2n) is 4.26. The van der Waals surface area contributed by atoms with E-state index in [1.165, 1.54) is 6.07 Å². The van der Waals surface area contributed by atoms with Crippen molar-refractivity contribution >= 4 is 11.7 Å². The van der Waals surface area contributed by atoms with Crippen molar-refractivity contribution in [2.75, 3.05) is 5.32 Å². The third-order valence-electron chi connectivity index (χ3n) is 2.85. The summed E-state index contributed by atoms with van der Waals surface area (Å²) in [6.07, 6.45) is 1.86. The summed E-state index contributed by atoms with van der Waals surface area (Å²) in [6, 6.07) is 4.09. The van der Waals surface area contributed by atoms with Crippen LogP contribution in [0.1, 0.15) is 18.4 Å². The van der Waals surface area contributed by atoms with E-state index in [0.717, 1.165) is 12.8 Å². The average Bonchev–Trinajstić information content (AvgIpc) is 3.03. The second-order valence-corrected chi connectivity index (χ2v) is 4.26. The van der Waals surface area contributed by atoms with Gasteiger partial charge in [-0.3, -0.25) is 0 Å². The number of halogens is 1. The Morgan fingerprint density at radius 2 is 2.25 bits per heavy atom. The largest absolute Gasteiger partial charge is 0.480 e. The second kappa shape index (κ2) is 4.12. The number of aliphatic carboxylic acids is 1. The lowest BCUT2D eigenvalue weighted by Gasteiger charge is -2.15. The van der Waals surface area contributed by atoms with Crippen LogP contribution < -0.4 is 5.32 Å². The number of rotatable bonds is 4. The van der Waals surface area contributed by atoms with Gasteiger partial charge in [-0.15, -0.1) is 0 Å². The van der Waals surface area contributed by atoms with Crippen LogP contribution in [0.3, 0.4) is 0 Å². The predicted octanol–water partition coefficient (Wildman–Crippen LogP) is 2.41. The summed E-state index contributed by atoms with van der Waals surface area (Å²) in [7, 11) is 0. The molecule has 0 spiro atoms. The molecule has 0 radical (unpaired) electrons. The lowest BCUT2D eigenvalue weighted by molar-refractivity contribution is -0.138. The normalized spacial score (nSPS) is 16.9. The fraction of sp³-hybridized carbons (Fsp3) is 0.417. The molecule has 1 aliphatic carbocycles. The standard InChI is InChI=1S/C12H14FNO2/c1-7-2-5-9(6-10(7)13)14-11(12(15)16)8-3-4-8/h2,5-6,8,11,14H,3-4H2,1H3,(H,15,16). The van der Waals surface area contributed by atoms with E-state index in [-0.39, 0.29) is 11.7 Å². The van der Waals surface area contributed by atoms with Gasteiger partial charge in [0.15, 0.2) is 0 Å². The van der Waals surface area contributed by atoms with Gasteiger partial charge in [-0.05, 0) is 43.4 Å². The lowest BCUT2D eigenvalue weighted by atomic mass is 10.1. The molecule has 1 aromatic rings. The molecular formula is C12H14FNO2. The highest BCUT2D eigenvalue weighted by atomic mass is 19.1. The van der Waals surface area contributed by atoms with Crippen LogP contribution in [0, 0.1) is 18.7 Å². The summed E-state index contributed by atoms with van der Waals surface area (Å²) < 4.78 is 13.3. The molecule has 1 unspecified atom stereocenters. The number of anilines is 1. The van der Waals surface area contributed by atoms with E-state index in [2.05, 4.69) is 5.32 Å². The minimum Gasteiger partial charge on any atom is -0.480 e. The van der Waals surface area contributed by atoms with Gasteiger partial charge in [0.25, 0.3) is 0 Å². The van der Waals surface area contributed by atoms with Crippen LogP contribution >= 0.6 is 0 Å². The van der Waals surface area contributed by atoms with Gasteiger partial charge in [-0.25, -0.2) is 9.18 Å². The Hall–Kier alpha value is -1.58. The van der Waals surface area contributed by atoms with Crippen LogP contribution in [0.5, 0.6) is 0 Å². The number of benzene rings is 1. The number of carboxylic acid groups (broad SMARTS) is 1. The molecule has 0 amide bonds. The van der Waals surface area contributed by atoms with Gasteiger partial charge in [0.05, 0.1) is 0 Å². The lowest BCUT2D eigenvalue weighted by Crippen LogP contribution is -2.31. The van der Waals surface area contributed by atoms with Gasteiger partial charge in [0, 0.05) is 5.69 Å². The first kappa shape index (κ1) is 10.9. The average molecular weight is 223 g/mol. The van der Waals surface area contributed by atoms with Crippen LogP contribution in [0.25, 0.3) is 0 Å². The maximum Gasteiger partial charge on any atom is 0.326 e. The molecular weight excluding hydrogens is 209 g/mol. The van der Waals surface area contributed by atoms with Crippen molar-refractivity contribution in [3.8, 4) is 0 Å². The predicted molar refractivity (Wildman–Crippen MR) is 58.9 cm³/mol. The third-order valence-corrected chi connectivity index (χ3v) is 2.85. The number of aryl methyl sites for hydroxylation is 1. The highest BCUT2D eigenvalue weighted by Gasteiger charge is 2.36. The topological polar surface area (TPSA) is 49.3 Å². The van der Waals surface area contributed by atoms with Crippen molar-refractivity contribution < 1.29 is 14.3 Å². The van der Waals surface area contributed by atoms with Crippen molar-refractivity contribution in [2.24, 2.45) is 5.92 Å². The number of carbonyl (C=O) groups is 1. The van der Waals surface area contributed by atoms with Gasteiger partial charge >= 0.3 is 5.97 Å². The van der Waals surface area contributed by atoms with Gasteiger partial charge < -0.3 is 10.4 Å². The minimum absolute atomic E-state index is 0.182. The minimum atomic E-state index is -0.872. The van der Waals surface area contributed by atoms with Crippen molar-refractivity contribution in [1.29, 1.82) is 0 Å². The first-order chi connectivity index (χ1) is 7.58. The van der Waals surface area contributed by atoms with E-state index < -0.39 is 12.0 Å². The zero-order valence-corrected chi connectivity index (χ0v) is 9.03. The van der Waals surface area contributed by atoms with Crippen LogP contribution in [0.4, 0.5) is 10.1 Å². The fourth-order valence-corrected chi connectivity index (χ4v) is 1.67. The van der Waals surface area contributed by atoms with Gasteiger partial charge in [-0.2, -0.15) is 0 Å². The SMILES string of the molecule is Cc1ccc(NC(C(=O)O)C2CC2)cc1F. The van der Waals surface area contributed by atoms with Gasteiger partial charge in [0.2, 0.25) is 0 Å². The number of carboxylic acids is 1. The zero-order valence-electron chi connectivity index (χ0n) is 9.03. The van der Waals surface area contributed by atoms with Crippen molar-refractivity contribution in [2.45, 2.75) is 25.8 Å². The molecule has 0 heterocycles. The molecule has 3 nitrogen and oxygen atoms in total. The van der Waals surface area contributed by atoms with Crippen molar-refractivity contribution in [3.05, 3.63) is 29.6 Å². The first-order valence-electron chi connectivity index (χ1n) is 5.33. The van der Waals surface area contributed by atoms with Crippen LogP contribution in [-0.2, 0) is 4.79 Å². The highest BCUT2D eigenvalue weighted by molar-refractivity contribution is 5.78. The molecule has 2 N–H and O–H groups in total. The van der Waals surface area contributed by atoms with E-state index in [0.29, 0.717) is 11.3 Å². The molecule has 1 saturated carbocycles. The molecule has 4 heteroatoms. The quantitative estimate of drug-likeness (QED) is 0.824. The van der Waals surface area contributed by atoms with E-state index in [4.69, 9.17) is 5.11 Å². The summed E-state index contributed by atoms with van der Waals surface area (Å²) in [5, 5.41) is 11.9. The summed E-state index contributed by atoms with van der Waals surface area (Å²) in [5.74, 6) is -1.00. The van der Waals surface area contributed by atoms with E-state index in [1.54, 1.807) is 19.1 Å². The summed E-state index contributed by atoms with van der Waals surface area (Å²) in [5.41, 5.74) is 1.09. The molecule has 0 saturated heterocycles. The molecule has 86 valence electrons. The van der Waals surface area contributed by atoms with E-state index in [9.17, 15) is 9.18 Å². The zero-order chi connectivity index (χ0) is 11.7. The van der Waals surface area contributed by atoms with Crippen LogP contribution in [0.2, 0.25) is 0 Å². The third kappa shape index (κ3) is 2.32. The Labute approximate surface area is 93.3 Å². The maximum absolute atomic E-state index is 13.3. The molecule has 0 aliphatic heterocycles. The monoisotopic (exact) mass is 223 g/mol. The molecule has 1 aromatic carbocycles. The molecule has 2 rings (SSSR count). The Kier molecular flexibility index (Phi) is 2.81.